The van der Waals surface area contributed by atoms with Gasteiger partial charge in [0.25, 0.3) is 0 Å². The van der Waals surface area contributed by atoms with Crippen LogP contribution in [0.5, 0.6) is 0 Å². The average Bonchev–Trinajstić information content (AvgIpc) is 2.73. The molecule has 0 saturated heterocycles. The lowest BCUT2D eigenvalue weighted by Gasteiger charge is -2.23. The molecule has 0 aromatic carbocycles. The van der Waals surface area contributed by atoms with E-state index < -0.39 is 5.60 Å². The summed E-state index contributed by atoms with van der Waals surface area (Å²) in [6, 6.07) is 0.257. The number of hydrogen-bond donors (Lipinski definition) is 2. The highest BCUT2D eigenvalue weighted by molar-refractivity contribution is 5.68. The highest BCUT2D eigenvalue weighted by atomic mass is 16.6. The third-order valence-corrected chi connectivity index (χ3v) is 2.97. The van der Waals surface area contributed by atoms with Crippen molar-refractivity contribution >= 4 is 11.8 Å². The number of nitrogens with one attached hydrogen (secondary N) is 2. The predicted octanol–water partition coefficient (Wildman–Crippen LogP) is 3.40. The summed E-state index contributed by atoms with van der Waals surface area (Å²) in [5.74, 6) is 0. The van der Waals surface area contributed by atoms with Crippen molar-refractivity contribution in [2.75, 3.05) is 5.32 Å². The van der Waals surface area contributed by atoms with E-state index in [0.717, 1.165) is 25.1 Å². The molecule has 1 rings (SSSR count). The Morgan fingerprint density at radius 1 is 1.36 bits per heavy atom. The summed E-state index contributed by atoms with van der Waals surface area (Å²) in [5, 5.41) is 10.5. The van der Waals surface area contributed by atoms with Gasteiger partial charge in [0.2, 0.25) is 0 Å². The molecule has 0 saturated carbocycles. The molecule has 0 unspecified atom stereocenters. The van der Waals surface area contributed by atoms with Crippen LogP contribution in [-0.4, -0.2) is 33.6 Å². The number of nitrogens with zero attached hydrogens (tertiary/aromatic N) is 2. The first-order chi connectivity index (χ1) is 10.2. The summed E-state index contributed by atoms with van der Waals surface area (Å²) in [5.41, 5.74) is 0.534. The first-order valence-electron chi connectivity index (χ1n) is 7.98. The first kappa shape index (κ1) is 18.3. The zero-order valence-corrected chi connectivity index (χ0v) is 14.6. The number of alkyl carbamates (subject to hydrolysis) is 1. The highest BCUT2D eigenvalue weighted by Crippen LogP contribution is 2.11. The molecule has 1 aromatic rings. The lowest BCUT2D eigenvalue weighted by atomic mass is 10.1. The first-order valence-corrected chi connectivity index (χ1v) is 7.98. The molecule has 1 amide bonds. The molecule has 0 radical (unpaired) electrons. The highest BCUT2D eigenvalue weighted by Gasteiger charge is 2.18. The minimum absolute atomic E-state index is 0.0306. The van der Waals surface area contributed by atoms with Crippen LogP contribution in [-0.2, 0) is 11.3 Å². The van der Waals surface area contributed by atoms with Gasteiger partial charge in [-0.15, -0.1) is 0 Å². The second kappa shape index (κ2) is 8.06. The third-order valence-electron chi connectivity index (χ3n) is 2.97. The maximum absolute atomic E-state index is 11.7. The normalized spacial score (nSPS) is 14.3. The van der Waals surface area contributed by atoms with Gasteiger partial charge in [-0.2, -0.15) is 5.10 Å². The molecule has 0 aliphatic heterocycles. The number of ether oxygens (including phenoxy) is 1. The van der Waals surface area contributed by atoms with E-state index in [0.29, 0.717) is 0 Å². The van der Waals surface area contributed by atoms with Gasteiger partial charge in [0.15, 0.2) is 0 Å². The van der Waals surface area contributed by atoms with Crippen molar-refractivity contribution in [3.8, 4) is 0 Å². The molecule has 22 heavy (non-hydrogen) atoms. The average molecular weight is 310 g/mol. The monoisotopic (exact) mass is 310 g/mol. The molecule has 6 heteroatoms. The molecule has 2 atom stereocenters. The lowest BCUT2D eigenvalue weighted by Crippen LogP contribution is -2.39. The fraction of sp³-hybridized carbons (Fsp3) is 0.750. The predicted molar refractivity (Wildman–Crippen MR) is 89.1 cm³/mol. The molecule has 0 fully saturated rings. The Labute approximate surface area is 133 Å². The molecule has 0 bridgehead atoms. The number of hydrogen-bond acceptors (Lipinski definition) is 4. The van der Waals surface area contributed by atoms with Gasteiger partial charge in [-0.1, -0.05) is 6.92 Å². The summed E-state index contributed by atoms with van der Waals surface area (Å²) in [7, 11) is 0. The summed E-state index contributed by atoms with van der Waals surface area (Å²) < 4.78 is 7.18. The van der Waals surface area contributed by atoms with Crippen molar-refractivity contribution in [2.45, 2.75) is 78.6 Å². The molecule has 0 aliphatic rings. The van der Waals surface area contributed by atoms with E-state index >= 15 is 0 Å². The van der Waals surface area contributed by atoms with Crippen LogP contribution in [0.2, 0.25) is 0 Å². The molecule has 2 N–H and O–H groups in total. The maximum Gasteiger partial charge on any atom is 0.407 e. The van der Waals surface area contributed by atoms with Crippen LogP contribution in [0.3, 0.4) is 0 Å². The van der Waals surface area contributed by atoms with Crippen LogP contribution in [0.4, 0.5) is 10.5 Å². The van der Waals surface area contributed by atoms with Gasteiger partial charge in [0.1, 0.15) is 5.60 Å². The smallest absolute Gasteiger partial charge is 0.407 e. The molecule has 126 valence electrons. The quantitative estimate of drug-likeness (QED) is 0.810. The summed E-state index contributed by atoms with van der Waals surface area (Å²) in [6.07, 6.45) is 5.33. The minimum atomic E-state index is -0.471. The fourth-order valence-corrected chi connectivity index (χ4v) is 2.23. The van der Waals surface area contributed by atoms with E-state index in [9.17, 15) is 4.79 Å². The molecular formula is C16H30N4O2. The molecule has 1 aromatic heterocycles. The Balaban J connectivity index is 2.36. The Morgan fingerprint density at radius 2 is 2.05 bits per heavy atom. The Bertz CT molecular complexity index is 465. The van der Waals surface area contributed by atoms with Gasteiger partial charge in [0, 0.05) is 24.8 Å². The fourth-order valence-electron chi connectivity index (χ4n) is 2.23. The SMILES string of the molecule is CCCn1cc(N[C@H](C)C[C@@H](C)NC(=O)OC(C)(C)C)cn1. The summed E-state index contributed by atoms with van der Waals surface area (Å²) >= 11 is 0. The number of aromatic nitrogens is 2. The lowest BCUT2D eigenvalue weighted by molar-refractivity contribution is 0.0506. The molecule has 0 aliphatic carbocycles. The van der Waals surface area contributed by atoms with Crippen molar-refractivity contribution in [3.63, 3.8) is 0 Å². The second-order valence-corrected chi connectivity index (χ2v) is 6.82. The molecule has 6 nitrogen and oxygen atoms in total. The van der Waals surface area contributed by atoms with Gasteiger partial charge in [0.05, 0.1) is 11.9 Å². The van der Waals surface area contributed by atoms with E-state index in [-0.39, 0.29) is 18.2 Å². The van der Waals surface area contributed by atoms with Crippen LogP contribution in [0.15, 0.2) is 12.4 Å². The summed E-state index contributed by atoms with van der Waals surface area (Å²) in [4.78, 5) is 11.7. The molecule has 1 heterocycles. The Hall–Kier alpha value is -1.72. The number of amides is 1. The standard InChI is InChI=1S/C16H30N4O2/c1-7-8-20-11-14(10-17-20)18-12(2)9-13(3)19-15(21)22-16(4,5)6/h10-13,18H,7-9H2,1-6H3,(H,19,21)/t12-,13-/m1/s1. The zero-order valence-electron chi connectivity index (χ0n) is 14.6. The van der Waals surface area contributed by atoms with E-state index in [1.165, 1.54) is 0 Å². The number of anilines is 1. The Morgan fingerprint density at radius 3 is 2.64 bits per heavy atom. The van der Waals surface area contributed by atoms with E-state index in [1.807, 2.05) is 44.8 Å². The number of carbonyl (C=O) groups excluding carboxylic acids is 1. The van der Waals surface area contributed by atoms with Gasteiger partial charge in [-0.3, -0.25) is 4.68 Å². The van der Waals surface area contributed by atoms with Crippen molar-refractivity contribution in [3.05, 3.63) is 12.4 Å². The number of carbonyl (C=O) groups is 1. The molecular weight excluding hydrogens is 280 g/mol. The number of rotatable bonds is 7. The van der Waals surface area contributed by atoms with E-state index in [4.69, 9.17) is 4.74 Å². The molecule has 0 spiro atoms. The maximum atomic E-state index is 11.7. The second-order valence-electron chi connectivity index (χ2n) is 6.82. The van der Waals surface area contributed by atoms with Gasteiger partial charge < -0.3 is 15.4 Å². The van der Waals surface area contributed by atoms with Crippen LogP contribution in [0, 0.1) is 0 Å². The van der Waals surface area contributed by atoms with Gasteiger partial charge >= 0.3 is 6.09 Å². The topological polar surface area (TPSA) is 68.2 Å². The number of aryl methyl sites for hydroxylation is 1. The van der Waals surface area contributed by atoms with Crippen LogP contribution in [0.1, 0.15) is 54.4 Å². The summed E-state index contributed by atoms with van der Waals surface area (Å²) in [6.45, 7) is 12.7. The Kier molecular flexibility index (Phi) is 6.71. The third kappa shape index (κ3) is 7.33. The van der Waals surface area contributed by atoms with Crippen LogP contribution < -0.4 is 10.6 Å². The van der Waals surface area contributed by atoms with Crippen molar-refractivity contribution in [1.29, 1.82) is 0 Å². The van der Waals surface area contributed by atoms with Crippen molar-refractivity contribution in [2.24, 2.45) is 0 Å². The van der Waals surface area contributed by atoms with Crippen LogP contribution in [0.25, 0.3) is 0 Å². The zero-order chi connectivity index (χ0) is 16.8. The van der Waals surface area contributed by atoms with Gasteiger partial charge in [-0.05, 0) is 47.5 Å². The van der Waals surface area contributed by atoms with Crippen LogP contribution >= 0.6 is 0 Å². The van der Waals surface area contributed by atoms with Gasteiger partial charge in [-0.25, -0.2) is 4.79 Å². The van der Waals surface area contributed by atoms with Crippen molar-refractivity contribution in [1.82, 2.24) is 15.1 Å². The van der Waals surface area contributed by atoms with E-state index in [1.54, 1.807) is 0 Å². The van der Waals surface area contributed by atoms with Crippen molar-refractivity contribution < 1.29 is 9.53 Å². The minimum Gasteiger partial charge on any atom is -0.444 e. The largest absolute Gasteiger partial charge is 0.444 e. The van der Waals surface area contributed by atoms with E-state index in [2.05, 4.69) is 29.6 Å².